The second-order valence-corrected chi connectivity index (χ2v) is 18.8. The van der Waals surface area contributed by atoms with Crippen LogP contribution in [-0.2, 0) is 45.4 Å². The van der Waals surface area contributed by atoms with Crippen LogP contribution in [-0.4, -0.2) is 61.9 Å². The molecule has 0 saturated carbocycles. The summed E-state index contributed by atoms with van der Waals surface area (Å²) >= 11 is 3.29. The molecule has 0 amide bonds. The zero-order chi connectivity index (χ0) is 51.5. The lowest BCUT2D eigenvalue weighted by Crippen LogP contribution is -2.25. The lowest BCUT2D eigenvalue weighted by molar-refractivity contribution is 0.0348. The minimum atomic E-state index is -0.775. The highest BCUT2D eigenvalue weighted by Gasteiger charge is 2.17. The predicted octanol–water partition coefficient (Wildman–Crippen LogP) is 11.0. The van der Waals surface area contributed by atoms with Gasteiger partial charge in [-0.25, -0.2) is 8.78 Å². The zero-order valence-electron chi connectivity index (χ0n) is 41.0. The molecule has 0 unspecified atom stereocenters. The van der Waals surface area contributed by atoms with Crippen molar-refractivity contribution in [3.8, 4) is 24.2 Å². The van der Waals surface area contributed by atoms with Crippen molar-refractivity contribution in [1.29, 1.82) is 0 Å². The number of nitrogen functional groups attached to an aromatic ring is 2. The molecular formula is C58H67BrF2N4O6. The summed E-state index contributed by atoms with van der Waals surface area (Å²) < 4.78 is 50.6. The second-order valence-electron chi connectivity index (χ2n) is 18.0. The van der Waals surface area contributed by atoms with Gasteiger partial charge in [0.1, 0.15) is 11.6 Å². The number of hydrogen-bond donors (Lipinski definition) is 6. The molecule has 0 aliphatic rings. The van der Waals surface area contributed by atoms with Gasteiger partial charge in [-0.3, -0.25) is 0 Å². The van der Waals surface area contributed by atoms with Crippen molar-refractivity contribution >= 4 is 38.7 Å². The molecule has 0 saturated heterocycles. The molecule has 6 aromatic carbocycles. The summed E-state index contributed by atoms with van der Waals surface area (Å²) in [5.74, 6) is 7.98. The van der Waals surface area contributed by atoms with Gasteiger partial charge in [0.15, 0.2) is 0 Å². The van der Waals surface area contributed by atoms with E-state index in [9.17, 15) is 19.0 Å². The number of nitrogens with one attached hydrogen (secondary N) is 2. The number of rotatable bonds is 22. The zero-order valence-corrected chi connectivity index (χ0v) is 42.6. The number of aliphatic hydroxyl groups excluding tert-OH is 2. The molecule has 6 aromatic rings. The van der Waals surface area contributed by atoms with Crippen molar-refractivity contribution in [3.63, 3.8) is 0 Å². The van der Waals surface area contributed by atoms with Gasteiger partial charge in [-0.15, -0.1) is 6.42 Å². The predicted molar refractivity (Wildman–Crippen MR) is 286 cm³/mol. The summed E-state index contributed by atoms with van der Waals surface area (Å²) in [7, 11) is 0. The van der Waals surface area contributed by atoms with Crippen LogP contribution in [0.3, 0.4) is 0 Å². The van der Waals surface area contributed by atoms with Gasteiger partial charge >= 0.3 is 0 Å². The lowest BCUT2D eigenvalue weighted by Gasteiger charge is -2.18. The summed E-state index contributed by atoms with van der Waals surface area (Å²) in [5.41, 5.74) is 16.6. The Morgan fingerprint density at radius 1 is 0.563 bits per heavy atom. The normalized spacial score (nSPS) is 11.8. The number of ether oxygens (including phenoxy) is 4. The van der Waals surface area contributed by atoms with E-state index in [0.29, 0.717) is 61.1 Å². The van der Waals surface area contributed by atoms with Gasteiger partial charge in [0.2, 0.25) is 0 Å². The number of terminal acetylenes is 1. The minimum Gasteiger partial charge on any atom is -0.396 e. The second kappa shape index (κ2) is 30.5. The molecule has 0 aromatic heterocycles. The molecule has 13 heteroatoms. The molecule has 6 rings (SSSR count). The number of halogens is 3. The summed E-state index contributed by atoms with van der Waals surface area (Å²) in [5, 5.41) is 26.2. The van der Waals surface area contributed by atoms with Crippen LogP contribution in [0.1, 0.15) is 55.5 Å². The van der Waals surface area contributed by atoms with Crippen molar-refractivity contribution in [1.82, 2.24) is 0 Å². The molecule has 0 spiro atoms. The van der Waals surface area contributed by atoms with Crippen molar-refractivity contribution < 1.29 is 37.9 Å². The molecule has 0 aliphatic carbocycles. The maximum atomic E-state index is 14.2. The largest absolute Gasteiger partial charge is 0.396 e. The standard InChI is InChI=1S/C29H33FN2O3.C16H18BrFN2O2.C13H16O/c1-29(2,21-35-19-23-11-7-4-8-12-23)14-13-24-15-27(31)26(30)16-28(24)32-17-25(33)20-34-18-22-9-5-3-6-10-22;17-13-6-15(19)14(18)7-16(13)20-8-12(21)10-22-9-11-4-2-1-3-5-11;1-4-13(2,3)11-14-10-12-8-6-5-7-9-12/h3-12,15-16,25,32-33H,17-21,31H2,1-2H3;1-7,12,20-21H,8-10,19H2;1,5-9H,10-11H2,2-3H3/t25-;12-;/m11./s1. The van der Waals surface area contributed by atoms with E-state index >= 15 is 0 Å². The van der Waals surface area contributed by atoms with Crippen LogP contribution in [0.15, 0.2) is 150 Å². The fourth-order valence-corrected chi connectivity index (χ4v) is 6.70. The lowest BCUT2D eigenvalue weighted by atomic mass is 9.95. The molecule has 2 atom stereocenters. The van der Waals surface area contributed by atoms with Crippen LogP contribution < -0.4 is 22.1 Å². The first-order valence-electron chi connectivity index (χ1n) is 23.2. The average Bonchev–Trinajstić information content (AvgIpc) is 3.36. The van der Waals surface area contributed by atoms with E-state index in [0.717, 1.165) is 16.7 Å². The highest BCUT2D eigenvalue weighted by molar-refractivity contribution is 9.10. The van der Waals surface area contributed by atoms with Crippen molar-refractivity contribution in [3.05, 3.63) is 190 Å². The Balaban J connectivity index is 0.000000258. The monoisotopic (exact) mass is 1030 g/mol. The fraction of sp³-hybridized carbons (Fsp3) is 0.310. The maximum Gasteiger partial charge on any atom is 0.148 e. The molecule has 0 heterocycles. The van der Waals surface area contributed by atoms with Gasteiger partial charge in [-0.2, -0.15) is 0 Å². The number of benzene rings is 6. The van der Waals surface area contributed by atoms with Crippen molar-refractivity contribution in [2.45, 2.75) is 66.3 Å². The van der Waals surface area contributed by atoms with Gasteiger partial charge in [-0.05, 0) is 78.0 Å². The Kier molecular flexibility index (Phi) is 24.6. The molecule has 0 aliphatic heterocycles. The highest BCUT2D eigenvalue weighted by Crippen LogP contribution is 2.27. The first-order chi connectivity index (χ1) is 34.0. The van der Waals surface area contributed by atoms with Gasteiger partial charge < -0.3 is 51.3 Å². The molecular weight excluding hydrogens is 967 g/mol. The van der Waals surface area contributed by atoms with E-state index in [4.69, 9.17) is 36.8 Å². The smallest absolute Gasteiger partial charge is 0.148 e. The fourth-order valence-electron chi connectivity index (χ4n) is 6.20. The van der Waals surface area contributed by atoms with E-state index < -0.39 is 29.3 Å². The molecule has 0 fully saturated rings. The summed E-state index contributed by atoms with van der Waals surface area (Å²) in [6, 6.07) is 45.1. The third-order valence-electron chi connectivity index (χ3n) is 10.2. The Morgan fingerprint density at radius 3 is 1.35 bits per heavy atom. The average molecular weight is 1030 g/mol. The van der Waals surface area contributed by atoms with E-state index in [1.165, 1.54) is 29.8 Å². The van der Waals surface area contributed by atoms with E-state index in [1.807, 2.05) is 149 Å². The van der Waals surface area contributed by atoms with Crippen LogP contribution in [0.25, 0.3) is 0 Å². The first kappa shape index (κ1) is 57.3. The van der Waals surface area contributed by atoms with E-state index in [1.54, 1.807) is 0 Å². The SMILES string of the molecule is C#CC(C)(C)COCc1ccccc1.CC(C)(C#Cc1cc(N)c(F)cc1NC[C@@H](O)COCc1ccccc1)COCc1ccccc1.Nc1cc(Br)c(NC[C@@H](O)COCc2ccccc2)cc1F. The number of hydrogen-bond acceptors (Lipinski definition) is 10. The number of anilines is 4. The third kappa shape index (κ3) is 23.0. The minimum absolute atomic E-state index is 0.0183. The van der Waals surface area contributed by atoms with Gasteiger partial charge in [0, 0.05) is 46.1 Å². The van der Waals surface area contributed by atoms with Crippen molar-refractivity contribution in [2.24, 2.45) is 10.8 Å². The highest BCUT2D eigenvalue weighted by atomic mass is 79.9. The van der Waals surface area contributed by atoms with Gasteiger partial charge in [0.05, 0.1) is 87.8 Å². The van der Waals surface area contributed by atoms with Crippen LogP contribution >= 0.6 is 15.9 Å². The molecule has 376 valence electrons. The maximum absolute atomic E-state index is 14.2. The molecule has 0 radical (unpaired) electrons. The van der Waals surface area contributed by atoms with Gasteiger partial charge in [-0.1, -0.05) is 139 Å². The Labute approximate surface area is 427 Å². The topological polar surface area (TPSA) is 153 Å². The summed E-state index contributed by atoms with van der Waals surface area (Å²) in [4.78, 5) is 0. The van der Waals surface area contributed by atoms with Crippen LogP contribution in [0.2, 0.25) is 0 Å². The molecule has 71 heavy (non-hydrogen) atoms. The van der Waals surface area contributed by atoms with Crippen LogP contribution in [0.4, 0.5) is 31.5 Å². The Hall–Kier alpha value is -6.26. The van der Waals surface area contributed by atoms with E-state index in [2.05, 4.69) is 44.3 Å². The summed E-state index contributed by atoms with van der Waals surface area (Å²) in [6.45, 7) is 11.7. The molecule has 0 bridgehead atoms. The number of aliphatic hydroxyl groups is 2. The Morgan fingerprint density at radius 2 is 0.930 bits per heavy atom. The van der Waals surface area contributed by atoms with Gasteiger partial charge in [0.25, 0.3) is 0 Å². The van der Waals surface area contributed by atoms with Crippen LogP contribution in [0.5, 0.6) is 0 Å². The Bertz CT molecular complexity index is 2570. The summed E-state index contributed by atoms with van der Waals surface area (Å²) in [6.07, 6.45) is 3.88. The number of nitrogens with two attached hydrogens (primary N) is 2. The quantitative estimate of drug-likeness (QED) is 0.0286. The third-order valence-corrected chi connectivity index (χ3v) is 10.9. The molecule has 8 N–H and O–H groups in total. The first-order valence-corrected chi connectivity index (χ1v) is 24.0. The van der Waals surface area contributed by atoms with Crippen molar-refractivity contribution in [2.75, 3.05) is 61.6 Å². The van der Waals surface area contributed by atoms with E-state index in [-0.39, 0.29) is 43.1 Å². The molecule has 10 nitrogen and oxygen atoms in total. The van der Waals surface area contributed by atoms with Crippen LogP contribution in [0, 0.1) is 46.6 Å².